The van der Waals surface area contributed by atoms with Gasteiger partial charge in [-0.3, -0.25) is 4.79 Å². The van der Waals surface area contributed by atoms with Crippen LogP contribution in [0.3, 0.4) is 0 Å². The molecular formula is C19H17ClF3NO5. The zero-order valence-electron chi connectivity index (χ0n) is 15.4. The standard InChI is InChI=1S/C19H17ClF3NO5/c1-3-27-18(26)10(2)28-12-6-4-5-7-13(12)29-14-9-8-11(19(21,22)23)15(16(14)20)17(24)25/h4-10H,3H2,1-2H3,(H2,24,25). The van der Waals surface area contributed by atoms with Crippen LogP contribution >= 0.6 is 11.6 Å². The molecule has 1 atom stereocenters. The Balaban J connectivity index is 2.39. The Morgan fingerprint density at radius 1 is 1.10 bits per heavy atom. The number of benzene rings is 2. The molecule has 0 aliphatic rings. The van der Waals surface area contributed by atoms with Gasteiger partial charge in [0.1, 0.15) is 5.75 Å². The third-order valence-corrected chi connectivity index (χ3v) is 4.02. The van der Waals surface area contributed by atoms with Gasteiger partial charge in [0.15, 0.2) is 17.6 Å². The minimum Gasteiger partial charge on any atom is -0.475 e. The van der Waals surface area contributed by atoms with Crippen molar-refractivity contribution in [3.63, 3.8) is 0 Å². The zero-order valence-corrected chi connectivity index (χ0v) is 16.1. The van der Waals surface area contributed by atoms with Crippen molar-refractivity contribution in [2.45, 2.75) is 26.1 Å². The van der Waals surface area contributed by atoms with E-state index in [1.807, 2.05) is 0 Å². The molecule has 0 heterocycles. The number of primary amides is 1. The van der Waals surface area contributed by atoms with Crippen molar-refractivity contribution < 1.29 is 37.0 Å². The average molecular weight is 432 g/mol. The molecule has 0 aromatic heterocycles. The van der Waals surface area contributed by atoms with E-state index in [1.54, 1.807) is 19.1 Å². The Morgan fingerprint density at radius 3 is 2.28 bits per heavy atom. The molecule has 0 radical (unpaired) electrons. The largest absolute Gasteiger partial charge is 0.475 e. The van der Waals surface area contributed by atoms with E-state index in [0.29, 0.717) is 6.07 Å². The van der Waals surface area contributed by atoms with Crippen molar-refractivity contribution in [2.24, 2.45) is 5.73 Å². The summed E-state index contributed by atoms with van der Waals surface area (Å²) >= 11 is 5.97. The Kier molecular flexibility index (Phi) is 6.97. The number of hydrogen-bond acceptors (Lipinski definition) is 5. The van der Waals surface area contributed by atoms with Gasteiger partial charge in [0, 0.05) is 0 Å². The normalized spacial score (nSPS) is 12.2. The van der Waals surface area contributed by atoms with Crippen LogP contribution in [-0.4, -0.2) is 24.6 Å². The van der Waals surface area contributed by atoms with E-state index in [1.165, 1.54) is 19.1 Å². The minimum atomic E-state index is -4.83. The second-order valence-electron chi connectivity index (χ2n) is 5.72. The summed E-state index contributed by atoms with van der Waals surface area (Å²) in [5.74, 6) is -2.03. The average Bonchev–Trinajstić information content (AvgIpc) is 2.63. The number of carbonyl (C=O) groups is 2. The van der Waals surface area contributed by atoms with Crippen LogP contribution in [0.4, 0.5) is 13.2 Å². The van der Waals surface area contributed by atoms with E-state index >= 15 is 0 Å². The summed E-state index contributed by atoms with van der Waals surface area (Å²) in [6.07, 6.45) is -5.80. The topological polar surface area (TPSA) is 87.8 Å². The highest BCUT2D eigenvalue weighted by atomic mass is 35.5. The van der Waals surface area contributed by atoms with Gasteiger partial charge in [-0.15, -0.1) is 0 Å². The molecule has 0 saturated carbocycles. The van der Waals surface area contributed by atoms with E-state index in [2.05, 4.69) is 0 Å². The molecule has 0 aliphatic carbocycles. The van der Waals surface area contributed by atoms with E-state index in [4.69, 9.17) is 31.5 Å². The lowest BCUT2D eigenvalue weighted by molar-refractivity contribution is -0.150. The number of hydrogen-bond donors (Lipinski definition) is 1. The maximum Gasteiger partial charge on any atom is 0.417 e. The second-order valence-corrected chi connectivity index (χ2v) is 6.10. The third kappa shape index (κ3) is 5.32. The molecule has 2 aromatic carbocycles. The summed E-state index contributed by atoms with van der Waals surface area (Å²) in [6.45, 7) is 3.28. The van der Waals surface area contributed by atoms with Gasteiger partial charge in [0.2, 0.25) is 0 Å². The van der Waals surface area contributed by atoms with E-state index in [-0.39, 0.29) is 23.9 Å². The molecule has 2 N–H and O–H groups in total. The first-order valence-corrected chi connectivity index (χ1v) is 8.73. The second kappa shape index (κ2) is 9.04. The van der Waals surface area contributed by atoms with E-state index < -0.39 is 40.3 Å². The van der Waals surface area contributed by atoms with Gasteiger partial charge in [-0.2, -0.15) is 13.2 Å². The van der Waals surface area contributed by atoms with Crippen LogP contribution < -0.4 is 15.2 Å². The number of para-hydroxylation sites is 2. The monoisotopic (exact) mass is 431 g/mol. The van der Waals surface area contributed by atoms with Crippen molar-refractivity contribution >= 4 is 23.5 Å². The number of alkyl halides is 3. The molecule has 1 unspecified atom stereocenters. The molecule has 2 rings (SSSR count). The Morgan fingerprint density at radius 2 is 1.72 bits per heavy atom. The van der Waals surface area contributed by atoms with Crippen molar-refractivity contribution in [3.8, 4) is 17.2 Å². The molecule has 0 bridgehead atoms. The predicted octanol–water partition coefficient (Wildman–Crippen LogP) is 4.58. The van der Waals surface area contributed by atoms with Crippen LogP contribution in [0.5, 0.6) is 17.2 Å². The summed E-state index contributed by atoms with van der Waals surface area (Å²) in [6, 6.07) is 7.71. The Hall–Kier alpha value is -2.94. The maximum absolute atomic E-state index is 13.1. The molecule has 2 aromatic rings. The third-order valence-electron chi connectivity index (χ3n) is 3.65. The molecule has 156 valence electrons. The molecule has 10 heteroatoms. The Labute approximate surface area is 169 Å². The fraction of sp³-hybridized carbons (Fsp3) is 0.263. The lowest BCUT2D eigenvalue weighted by Crippen LogP contribution is -2.26. The van der Waals surface area contributed by atoms with Crippen LogP contribution in [0.25, 0.3) is 0 Å². The van der Waals surface area contributed by atoms with Crippen molar-refractivity contribution in [1.82, 2.24) is 0 Å². The first-order chi connectivity index (χ1) is 13.6. The highest BCUT2D eigenvalue weighted by molar-refractivity contribution is 6.35. The smallest absolute Gasteiger partial charge is 0.417 e. The van der Waals surface area contributed by atoms with Gasteiger partial charge in [-0.1, -0.05) is 23.7 Å². The van der Waals surface area contributed by atoms with Crippen molar-refractivity contribution in [3.05, 3.63) is 52.5 Å². The van der Waals surface area contributed by atoms with Gasteiger partial charge in [0.25, 0.3) is 5.91 Å². The van der Waals surface area contributed by atoms with E-state index in [9.17, 15) is 22.8 Å². The van der Waals surface area contributed by atoms with E-state index in [0.717, 1.165) is 6.07 Å². The van der Waals surface area contributed by atoms with Gasteiger partial charge in [0.05, 0.1) is 22.8 Å². The number of amides is 1. The molecule has 0 fully saturated rings. The maximum atomic E-state index is 13.1. The number of carbonyl (C=O) groups excluding carboxylic acids is 2. The molecule has 29 heavy (non-hydrogen) atoms. The molecular weight excluding hydrogens is 415 g/mol. The fourth-order valence-corrected chi connectivity index (χ4v) is 2.66. The summed E-state index contributed by atoms with van der Waals surface area (Å²) < 4.78 is 55.3. The molecule has 0 spiro atoms. The zero-order chi connectivity index (χ0) is 21.8. The summed E-state index contributed by atoms with van der Waals surface area (Å²) in [4.78, 5) is 23.3. The highest BCUT2D eigenvalue weighted by Gasteiger charge is 2.37. The molecule has 0 aliphatic heterocycles. The first kappa shape index (κ1) is 22.4. The lowest BCUT2D eigenvalue weighted by Gasteiger charge is -2.18. The number of rotatable bonds is 7. The van der Waals surface area contributed by atoms with Crippen molar-refractivity contribution in [2.75, 3.05) is 6.61 Å². The van der Waals surface area contributed by atoms with Gasteiger partial charge in [-0.25, -0.2) is 4.79 Å². The van der Waals surface area contributed by atoms with Crippen LogP contribution in [-0.2, 0) is 15.7 Å². The van der Waals surface area contributed by atoms with Crippen molar-refractivity contribution in [1.29, 1.82) is 0 Å². The molecule has 0 saturated heterocycles. The van der Waals surface area contributed by atoms with Crippen LogP contribution in [0, 0.1) is 0 Å². The molecule has 1 amide bonds. The van der Waals surface area contributed by atoms with Crippen LogP contribution in [0.2, 0.25) is 5.02 Å². The number of nitrogens with two attached hydrogens (primary N) is 1. The first-order valence-electron chi connectivity index (χ1n) is 8.35. The number of ether oxygens (including phenoxy) is 3. The van der Waals surface area contributed by atoms with Gasteiger partial charge >= 0.3 is 12.1 Å². The quantitative estimate of drug-likeness (QED) is 0.648. The lowest BCUT2D eigenvalue weighted by atomic mass is 10.1. The predicted molar refractivity (Wildman–Crippen MR) is 98.2 cm³/mol. The van der Waals surface area contributed by atoms with Crippen LogP contribution in [0.1, 0.15) is 29.8 Å². The summed E-state index contributed by atoms with van der Waals surface area (Å²) in [5, 5.41) is -0.597. The summed E-state index contributed by atoms with van der Waals surface area (Å²) in [7, 11) is 0. The van der Waals surface area contributed by atoms with Gasteiger partial charge in [-0.05, 0) is 38.1 Å². The highest BCUT2D eigenvalue weighted by Crippen LogP contribution is 2.42. The Bertz CT molecular complexity index is 917. The summed E-state index contributed by atoms with van der Waals surface area (Å²) in [5.41, 5.74) is 2.89. The number of esters is 1. The van der Waals surface area contributed by atoms with Crippen LogP contribution in [0.15, 0.2) is 36.4 Å². The minimum absolute atomic E-state index is 0.0562. The number of halogens is 4. The SMILES string of the molecule is CCOC(=O)C(C)Oc1ccccc1Oc1ccc(C(F)(F)F)c(C(N)=O)c1Cl. The molecule has 6 nitrogen and oxygen atoms in total. The van der Waals surface area contributed by atoms with Gasteiger partial charge < -0.3 is 19.9 Å². The fourth-order valence-electron chi connectivity index (χ4n) is 2.36.